The Kier molecular flexibility index (Phi) is 4.96. The van der Waals surface area contributed by atoms with E-state index in [1.807, 2.05) is 0 Å². The van der Waals surface area contributed by atoms with E-state index in [9.17, 15) is 8.78 Å². The Bertz CT molecular complexity index is 401. The van der Waals surface area contributed by atoms with Crippen LogP contribution >= 0.6 is 23.5 Å². The van der Waals surface area contributed by atoms with Crippen LogP contribution in [0, 0.1) is 11.6 Å². The average molecular weight is 288 g/mol. The van der Waals surface area contributed by atoms with Crippen molar-refractivity contribution in [3.8, 4) is 0 Å². The van der Waals surface area contributed by atoms with Gasteiger partial charge in [0.15, 0.2) is 11.6 Å². The molecule has 0 amide bonds. The molecule has 0 unspecified atom stereocenters. The van der Waals surface area contributed by atoms with E-state index < -0.39 is 11.6 Å². The van der Waals surface area contributed by atoms with E-state index >= 15 is 0 Å². The van der Waals surface area contributed by atoms with Gasteiger partial charge in [-0.05, 0) is 12.5 Å². The molecule has 1 aliphatic rings. The zero-order valence-corrected chi connectivity index (χ0v) is 12.2. The third-order valence-corrected chi connectivity index (χ3v) is 6.79. The molecule has 0 aromatic heterocycles. The van der Waals surface area contributed by atoms with Gasteiger partial charge in [0.05, 0.1) is 4.08 Å². The van der Waals surface area contributed by atoms with Crippen molar-refractivity contribution in [2.24, 2.45) is 0 Å². The number of halogens is 2. The Hall–Kier alpha value is -0.220. The van der Waals surface area contributed by atoms with Crippen molar-refractivity contribution in [3.05, 3.63) is 35.4 Å². The fourth-order valence-electron chi connectivity index (χ4n) is 2.29. The lowest BCUT2D eigenvalue weighted by molar-refractivity contribution is 0.490. The summed E-state index contributed by atoms with van der Waals surface area (Å²) in [6.45, 7) is 2.16. The lowest BCUT2D eigenvalue weighted by Gasteiger charge is -2.28. The van der Waals surface area contributed by atoms with Crippen molar-refractivity contribution in [2.45, 2.75) is 36.7 Å². The summed E-state index contributed by atoms with van der Waals surface area (Å²) in [5.74, 6) is 0.658. The molecule has 18 heavy (non-hydrogen) atoms. The summed E-state index contributed by atoms with van der Waals surface area (Å²) in [6.07, 6.45) is 4.31. The summed E-state index contributed by atoms with van der Waals surface area (Å²) in [5, 5.41) is 0. The fraction of sp³-hybridized carbons (Fsp3) is 0.571. The molecule has 1 saturated heterocycles. The summed E-state index contributed by atoms with van der Waals surface area (Å²) in [6, 6.07) is 4.56. The number of hydrogen-bond donors (Lipinski definition) is 0. The second-order valence-electron chi connectivity index (χ2n) is 4.51. The molecule has 0 bridgehead atoms. The van der Waals surface area contributed by atoms with Gasteiger partial charge in [0.1, 0.15) is 0 Å². The highest BCUT2D eigenvalue weighted by Gasteiger charge is 2.39. The molecule has 0 saturated carbocycles. The topological polar surface area (TPSA) is 0 Å². The molecule has 2 rings (SSSR count). The van der Waals surface area contributed by atoms with E-state index in [4.69, 9.17) is 0 Å². The highest BCUT2D eigenvalue weighted by Crippen LogP contribution is 2.55. The van der Waals surface area contributed by atoms with Crippen molar-refractivity contribution in [1.82, 2.24) is 0 Å². The number of thioether (sulfide) groups is 2. The van der Waals surface area contributed by atoms with Gasteiger partial charge in [0.2, 0.25) is 0 Å². The summed E-state index contributed by atoms with van der Waals surface area (Å²) in [5.41, 5.74) is 0.547. The van der Waals surface area contributed by atoms with Crippen molar-refractivity contribution in [1.29, 1.82) is 0 Å². The van der Waals surface area contributed by atoms with E-state index in [1.165, 1.54) is 6.07 Å². The lowest BCUT2D eigenvalue weighted by atomic mass is 10.0. The maximum absolute atomic E-state index is 14.0. The van der Waals surface area contributed by atoms with Crippen molar-refractivity contribution in [2.75, 3.05) is 11.5 Å². The number of rotatable bonds is 5. The summed E-state index contributed by atoms with van der Waals surface area (Å²) in [4.78, 5) is 0. The van der Waals surface area contributed by atoms with Crippen LogP contribution in [0.15, 0.2) is 18.2 Å². The molecule has 0 N–H and O–H groups in total. The molecule has 0 atom stereocenters. The van der Waals surface area contributed by atoms with E-state index in [2.05, 4.69) is 6.92 Å². The van der Waals surface area contributed by atoms with E-state index in [1.54, 1.807) is 35.7 Å². The predicted octanol–water partition coefficient (Wildman–Crippen LogP) is 5.18. The normalized spacial score (nSPS) is 18.2. The molecule has 1 fully saturated rings. The molecule has 4 heteroatoms. The van der Waals surface area contributed by atoms with Gasteiger partial charge in [0.25, 0.3) is 0 Å². The molecule has 0 nitrogen and oxygen atoms in total. The molecule has 1 heterocycles. The van der Waals surface area contributed by atoms with Gasteiger partial charge in [0, 0.05) is 17.1 Å². The smallest absolute Gasteiger partial charge is 0.164 e. The minimum atomic E-state index is -0.726. The van der Waals surface area contributed by atoms with E-state index in [0.29, 0.717) is 5.56 Å². The van der Waals surface area contributed by atoms with Crippen molar-refractivity contribution < 1.29 is 8.78 Å². The van der Waals surface area contributed by atoms with Gasteiger partial charge >= 0.3 is 0 Å². The zero-order chi connectivity index (χ0) is 13.0. The predicted molar refractivity (Wildman–Crippen MR) is 77.1 cm³/mol. The Morgan fingerprint density at radius 2 is 1.89 bits per heavy atom. The maximum atomic E-state index is 14.0. The quantitative estimate of drug-likeness (QED) is 0.685. The largest absolute Gasteiger partial charge is 0.204 e. The summed E-state index contributed by atoms with van der Waals surface area (Å²) < 4.78 is 27.1. The second kappa shape index (κ2) is 6.29. The minimum absolute atomic E-state index is 0.263. The molecular formula is C14H18F2S2. The molecular weight excluding hydrogens is 270 g/mol. The Morgan fingerprint density at radius 1 is 1.17 bits per heavy atom. The Balaban J connectivity index is 2.26. The molecule has 1 aromatic carbocycles. The van der Waals surface area contributed by atoms with Crippen LogP contribution in [0.1, 0.15) is 38.2 Å². The molecule has 100 valence electrons. The Labute approximate surface area is 116 Å². The first kappa shape index (κ1) is 14.2. The number of hydrogen-bond acceptors (Lipinski definition) is 2. The van der Waals surface area contributed by atoms with Crippen LogP contribution in [0.25, 0.3) is 0 Å². The minimum Gasteiger partial charge on any atom is -0.204 e. The summed E-state index contributed by atoms with van der Waals surface area (Å²) >= 11 is 3.55. The maximum Gasteiger partial charge on any atom is 0.164 e. The first-order chi connectivity index (χ1) is 8.69. The van der Waals surface area contributed by atoms with E-state index in [0.717, 1.165) is 37.2 Å². The highest BCUT2D eigenvalue weighted by molar-refractivity contribution is 8.20. The van der Waals surface area contributed by atoms with Crippen LogP contribution in [-0.2, 0) is 4.08 Å². The van der Waals surface area contributed by atoms with Gasteiger partial charge in [-0.2, -0.15) is 0 Å². The standard InChI is InChI=1S/C14H18F2S2/c1-2-3-4-8-14(17-9-10-18-14)11-6-5-7-12(15)13(11)16/h5-7H,2-4,8-10H2,1H3. The van der Waals surface area contributed by atoms with Crippen LogP contribution in [0.4, 0.5) is 8.78 Å². The van der Waals surface area contributed by atoms with Gasteiger partial charge < -0.3 is 0 Å². The van der Waals surface area contributed by atoms with Gasteiger partial charge in [-0.15, -0.1) is 23.5 Å². The third-order valence-electron chi connectivity index (χ3n) is 3.23. The average Bonchev–Trinajstić information content (AvgIpc) is 2.83. The molecule has 1 aromatic rings. The van der Waals surface area contributed by atoms with Gasteiger partial charge in [-0.3, -0.25) is 0 Å². The third kappa shape index (κ3) is 2.85. The summed E-state index contributed by atoms with van der Waals surface area (Å²) in [7, 11) is 0. The Morgan fingerprint density at radius 3 is 2.56 bits per heavy atom. The number of benzene rings is 1. The van der Waals surface area contributed by atoms with Crippen molar-refractivity contribution in [3.63, 3.8) is 0 Å². The van der Waals surface area contributed by atoms with Gasteiger partial charge in [-0.25, -0.2) is 8.78 Å². The first-order valence-electron chi connectivity index (χ1n) is 6.42. The van der Waals surface area contributed by atoms with Crippen LogP contribution in [-0.4, -0.2) is 11.5 Å². The molecule has 0 aliphatic carbocycles. The number of unbranched alkanes of at least 4 members (excludes halogenated alkanes) is 2. The van der Waals surface area contributed by atoms with Crippen LogP contribution in [0.2, 0.25) is 0 Å². The van der Waals surface area contributed by atoms with Gasteiger partial charge in [-0.1, -0.05) is 38.3 Å². The first-order valence-corrected chi connectivity index (χ1v) is 8.39. The van der Waals surface area contributed by atoms with Crippen molar-refractivity contribution >= 4 is 23.5 Å². The van der Waals surface area contributed by atoms with Crippen LogP contribution < -0.4 is 0 Å². The monoisotopic (exact) mass is 288 g/mol. The lowest BCUT2D eigenvalue weighted by Crippen LogP contribution is -2.17. The zero-order valence-electron chi connectivity index (χ0n) is 10.5. The highest BCUT2D eigenvalue weighted by atomic mass is 32.2. The second-order valence-corrected chi connectivity index (χ2v) is 7.55. The molecule has 0 radical (unpaired) electrons. The fourth-order valence-corrected chi connectivity index (χ4v) is 5.66. The van der Waals surface area contributed by atoms with E-state index in [-0.39, 0.29) is 4.08 Å². The SMILES string of the molecule is CCCCCC1(c2cccc(F)c2F)SCCS1. The van der Waals surface area contributed by atoms with Crippen LogP contribution in [0.5, 0.6) is 0 Å². The molecule has 1 aliphatic heterocycles. The molecule has 0 spiro atoms. The van der Waals surface area contributed by atoms with Crippen LogP contribution in [0.3, 0.4) is 0 Å².